The Morgan fingerprint density at radius 1 is 1.35 bits per heavy atom. The molecule has 4 nitrogen and oxygen atoms in total. The molecule has 6 heteroatoms. The number of halogens is 2. The molecule has 0 spiro atoms. The topological polar surface area (TPSA) is 61.5 Å². The highest BCUT2D eigenvalue weighted by Gasteiger charge is 2.24. The van der Waals surface area contributed by atoms with Crippen LogP contribution in [0.25, 0.3) is 0 Å². The maximum atomic E-state index is 13.6. The van der Waals surface area contributed by atoms with Gasteiger partial charge >= 0.3 is 0 Å². The second-order valence-corrected chi connectivity index (χ2v) is 3.24. The van der Waals surface area contributed by atoms with Crippen molar-refractivity contribution in [1.82, 2.24) is 0 Å². The lowest BCUT2D eigenvalue weighted by molar-refractivity contribution is 0.0976. The van der Waals surface area contributed by atoms with E-state index in [4.69, 9.17) is 15.2 Å². The number of carbonyl (C=O) groups is 1. The number of nitrogens with two attached hydrogens (primary N) is 1. The SMILES string of the molecule is COc1cc(F)c(F)c(C(=O)CCN)c1OC. The van der Waals surface area contributed by atoms with Gasteiger partial charge in [0.15, 0.2) is 28.9 Å². The van der Waals surface area contributed by atoms with Gasteiger partial charge in [-0.2, -0.15) is 0 Å². The van der Waals surface area contributed by atoms with Crippen LogP contribution in [0.1, 0.15) is 16.8 Å². The molecule has 0 radical (unpaired) electrons. The van der Waals surface area contributed by atoms with E-state index in [-0.39, 0.29) is 24.5 Å². The van der Waals surface area contributed by atoms with Crippen molar-refractivity contribution in [2.24, 2.45) is 5.73 Å². The van der Waals surface area contributed by atoms with Crippen LogP contribution >= 0.6 is 0 Å². The Morgan fingerprint density at radius 3 is 2.47 bits per heavy atom. The Labute approximate surface area is 97.3 Å². The molecule has 0 unspecified atom stereocenters. The van der Waals surface area contributed by atoms with E-state index in [1.807, 2.05) is 0 Å². The lowest BCUT2D eigenvalue weighted by Gasteiger charge is -2.13. The summed E-state index contributed by atoms with van der Waals surface area (Å²) >= 11 is 0. The summed E-state index contributed by atoms with van der Waals surface area (Å²) in [4.78, 5) is 11.6. The molecule has 0 fully saturated rings. The van der Waals surface area contributed by atoms with Crippen LogP contribution in [0.3, 0.4) is 0 Å². The number of ketones is 1. The van der Waals surface area contributed by atoms with Gasteiger partial charge in [-0.05, 0) is 6.54 Å². The summed E-state index contributed by atoms with van der Waals surface area (Å²) in [5.41, 5.74) is 4.74. The molecular weight excluding hydrogens is 232 g/mol. The number of methoxy groups -OCH3 is 2. The van der Waals surface area contributed by atoms with Gasteiger partial charge in [-0.25, -0.2) is 8.78 Å². The van der Waals surface area contributed by atoms with E-state index in [2.05, 4.69) is 0 Å². The number of Topliss-reactive ketones (excluding diaryl/α,β-unsaturated/α-hetero) is 1. The molecule has 0 aromatic heterocycles. The van der Waals surface area contributed by atoms with Crippen molar-refractivity contribution < 1.29 is 23.0 Å². The molecule has 1 aromatic rings. The van der Waals surface area contributed by atoms with E-state index < -0.39 is 23.0 Å². The van der Waals surface area contributed by atoms with Gasteiger partial charge in [0.1, 0.15) is 5.56 Å². The summed E-state index contributed by atoms with van der Waals surface area (Å²) < 4.78 is 36.5. The van der Waals surface area contributed by atoms with Crippen LogP contribution in [0, 0.1) is 11.6 Å². The molecule has 94 valence electrons. The van der Waals surface area contributed by atoms with Gasteiger partial charge < -0.3 is 15.2 Å². The van der Waals surface area contributed by atoms with Crippen LogP contribution in [0.2, 0.25) is 0 Å². The highest BCUT2D eigenvalue weighted by molar-refractivity contribution is 5.99. The quantitative estimate of drug-likeness (QED) is 0.799. The summed E-state index contributed by atoms with van der Waals surface area (Å²) in [6.45, 7) is 0.0419. The van der Waals surface area contributed by atoms with Crippen LogP contribution in [0.5, 0.6) is 11.5 Å². The zero-order valence-electron chi connectivity index (χ0n) is 9.55. The zero-order chi connectivity index (χ0) is 13.0. The first kappa shape index (κ1) is 13.4. The molecule has 0 heterocycles. The van der Waals surface area contributed by atoms with E-state index in [1.165, 1.54) is 14.2 Å². The number of benzene rings is 1. The highest BCUT2D eigenvalue weighted by atomic mass is 19.2. The number of hydrogen-bond acceptors (Lipinski definition) is 4. The fraction of sp³-hybridized carbons (Fsp3) is 0.364. The summed E-state index contributed by atoms with van der Waals surface area (Å²) in [5.74, 6) is -3.19. The third-order valence-electron chi connectivity index (χ3n) is 2.21. The predicted molar refractivity (Wildman–Crippen MR) is 57.5 cm³/mol. The average molecular weight is 245 g/mol. The first-order valence-corrected chi connectivity index (χ1v) is 4.90. The summed E-state index contributed by atoms with van der Waals surface area (Å²) in [5, 5.41) is 0. The van der Waals surface area contributed by atoms with E-state index in [9.17, 15) is 13.6 Å². The van der Waals surface area contributed by atoms with E-state index in [0.29, 0.717) is 0 Å². The second-order valence-electron chi connectivity index (χ2n) is 3.24. The Balaban J connectivity index is 3.43. The van der Waals surface area contributed by atoms with Crippen molar-refractivity contribution in [2.45, 2.75) is 6.42 Å². The Bertz CT molecular complexity index is 435. The smallest absolute Gasteiger partial charge is 0.174 e. The van der Waals surface area contributed by atoms with Gasteiger partial charge in [-0.15, -0.1) is 0 Å². The molecule has 0 atom stereocenters. The molecule has 0 aliphatic heterocycles. The number of hydrogen-bond donors (Lipinski definition) is 1. The molecule has 0 bridgehead atoms. The maximum absolute atomic E-state index is 13.6. The van der Waals surface area contributed by atoms with Crippen molar-refractivity contribution in [1.29, 1.82) is 0 Å². The van der Waals surface area contributed by atoms with Gasteiger partial charge in [-0.1, -0.05) is 0 Å². The van der Waals surface area contributed by atoms with E-state index in [1.54, 1.807) is 0 Å². The minimum Gasteiger partial charge on any atom is -0.493 e. The largest absolute Gasteiger partial charge is 0.493 e. The highest BCUT2D eigenvalue weighted by Crippen LogP contribution is 2.35. The number of rotatable bonds is 5. The van der Waals surface area contributed by atoms with Crippen LogP contribution in [0.4, 0.5) is 8.78 Å². The molecule has 0 saturated heterocycles. The minimum absolute atomic E-state index is 0.0354. The number of carbonyl (C=O) groups excluding carboxylic acids is 1. The summed E-state index contributed by atoms with van der Waals surface area (Å²) in [6.07, 6.45) is -0.0973. The minimum atomic E-state index is -1.25. The first-order valence-electron chi connectivity index (χ1n) is 4.90. The summed E-state index contributed by atoms with van der Waals surface area (Å²) in [7, 11) is 2.51. The molecule has 17 heavy (non-hydrogen) atoms. The third kappa shape index (κ3) is 2.52. The molecule has 0 amide bonds. The van der Waals surface area contributed by atoms with E-state index in [0.717, 1.165) is 6.07 Å². The van der Waals surface area contributed by atoms with Crippen molar-refractivity contribution >= 4 is 5.78 Å². The molecule has 2 N–H and O–H groups in total. The standard InChI is InChI=1S/C11H13F2NO3/c1-16-8-5-6(12)10(13)9(11(8)17-2)7(15)3-4-14/h5H,3-4,14H2,1-2H3. The maximum Gasteiger partial charge on any atom is 0.174 e. The summed E-state index contributed by atoms with van der Waals surface area (Å²) in [6, 6.07) is 0.827. The van der Waals surface area contributed by atoms with Gasteiger partial charge in [0.2, 0.25) is 0 Å². The number of ether oxygens (including phenoxy) is 2. The fourth-order valence-corrected chi connectivity index (χ4v) is 1.45. The Hall–Kier alpha value is -1.69. The van der Waals surface area contributed by atoms with Gasteiger partial charge in [0, 0.05) is 12.5 Å². The fourth-order valence-electron chi connectivity index (χ4n) is 1.45. The average Bonchev–Trinajstić information content (AvgIpc) is 2.31. The van der Waals surface area contributed by atoms with E-state index >= 15 is 0 Å². The molecule has 1 rings (SSSR count). The van der Waals surface area contributed by atoms with Crippen LogP contribution < -0.4 is 15.2 Å². The third-order valence-corrected chi connectivity index (χ3v) is 2.21. The Kier molecular flexibility index (Phi) is 4.39. The zero-order valence-corrected chi connectivity index (χ0v) is 9.55. The van der Waals surface area contributed by atoms with Crippen molar-refractivity contribution in [3.05, 3.63) is 23.3 Å². The molecule has 0 aliphatic carbocycles. The van der Waals surface area contributed by atoms with Crippen molar-refractivity contribution in [2.75, 3.05) is 20.8 Å². The van der Waals surface area contributed by atoms with Crippen LogP contribution in [-0.4, -0.2) is 26.5 Å². The van der Waals surface area contributed by atoms with Gasteiger partial charge in [0.05, 0.1) is 14.2 Å². The van der Waals surface area contributed by atoms with Crippen molar-refractivity contribution in [3.8, 4) is 11.5 Å². The Morgan fingerprint density at radius 2 is 2.00 bits per heavy atom. The molecule has 0 aliphatic rings. The monoisotopic (exact) mass is 245 g/mol. The second kappa shape index (κ2) is 5.58. The molecule has 1 aromatic carbocycles. The van der Waals surface area contributed by atoms with Crippen LogP contribution in [0.15, 0.2) is 6.07 Å². The molecule has 0 saturated carbocycles. The van der Waals surface area contributed by atoms with Crippen LogP contribution in [-0.2, 0) is 0 Å². The van der Waals surface area contributed by atoms with Gasteiger partial charge in [0.25, 0.3) is 0 Å². The van der Waals surface area contributed by atoms with Crippen molar-refractivity contribution in [3.63, 3.8) is 0 Å². The lowest BCUT2D eigenvalue weighted by Crippen LogP contribution is -2.13. The normalized spacial score (nSPS) is 10.2. The lowest BCUT2D eigenvalue weighted by atomic mass is 10.1. The molecular formula is C11H13F2NO3. The predicted octanol–water partition coefficient (Wildman–Crippen LogP) is 1.51. The first-order chi connectivity index (χ1) is 8.06. The van der Waals surface area contributed by atoms with Gasteiger partial charge in [-0.3, -0.25) is 4.79 Å².